The highest BCUT2D eigenvalue weighted by molar-refractivity contribution is 5.92. The number of nitrogens with one attached hydrogen (secondary N) is 1. The van der Waals surface area contributed by atoms with E-state index in [4.69, 9.17) is 0 Å². The van der Waals surface area contributed by atoms with E-state index in [1.54, 1.807) is 10.9 Å². The number of carbonyl (C=O) groups is 1. The SMILES string of the molecule is CC1CN(C(=O)c2cn(C3CNC3)nn2)CC1C. The van der Waals surface area contributed by atoms with Crippen molar-refractivity contribution < 1.29 is 4.79 Å². The Balaban J connectivity index is 1.70. The quantitative estimate of drug-likeness (QED) is 0.810. The summed E-state index contributed by atoms with van der Waals surface area (Å²) in [5.74, 6) is 1.16. The molecule has 18 heavy (non-hydrogen) atoms. The molecule has 2 aliphatic heterocycles. The Morgan fingerprint density at radius 2 is 2.00 bits per heavy atom. The highest BCUT2D eigenvalue weighted by Gasteiger charge is 2.31. The molecule has 3 heterocycles. The summed E-state index contributed by atoms with van der Waals surface area (Å²) in [5.41, 5.74) is 0.475. The summed E-state index contributed by atoms with van der Waals surface area (Å²) in [7, 11) is 0. The number of likely N-dealkylation sites (tertiary alicyclic amines) is 1. The molecule has 1 aromatic rings. The van der Waals surface area contributed by atoms with E-state index in [1.165, 1.54) is 0 Å². The van der Waals surface area contributed by atoms with Crippen molar-refractivity contribution in [3.8, 4) is 0 Å². The summed E-state index contributed by atoms with van der Waals surface area (Å²) < 4.78 is 1.80. The minimum Gasteiger partial charge on any atom is -0.337 e. The van der Waals surface area contributed by atoms with E-state index in [0.29, 0.717) is 23.6 Å². The van der Waals surface area contributed by atoms with E-state index in [0.717, 1.165) is 26.2 Å². The third-order valence-corrected chi connectivity index (χ3v) is 4.14. The van der Waals surface area contributed by atoms with Gasteiger partial charge in [0, 0.05) is 26.2 Å². The third kappa shape index (κ3) is 1.90. The average Bonchev–Trinajstić information content (AvgIpc) is 2.84. The molecule has 1 amide bonds. The van der Waals surface area contributed by atoms with Crippen molar-refractivity contribution in [1.29, 1.82) is 0 Å². The van der Waals surface area contributed by atoms with E-state index in [2.05, 4.69) is 29.5 Å². The van der Waals surface area contributed by atoms with Gasteiger partial charge in [-0.1, -0.05) is 19.1 Å². The lowest BCUT2D eigenvalue weighted by atomic mass is 10.0. The van der Waals surface area contributed by atoms with Gasteiger partial charge in [-0.15, -0.1) is 5.10 Å². The highest BCUT2D eigenvalue weighted by atomic mass is 16.2. The van der Waals surface area contributed by atoms with Gasteiger partial charge in [-0.05, 0) is 11.8 Å². The molecule has 1 N–H and O–H groups in total. The fourth-order valence-electron chi connectivity index (χ4n) is 2.47. The monoisotopic (exact) mass is 249 g/mol. The zero-order chi connectivity index (χ0) is 12.7. The Labute approximate surface area is 106 Å². The van der Waals surface area contributed by atoms with Gasteiger partial charge in [0.05, 0.1) is 12.2 Å². The first-order valence-electron chi connectivity index (χ1n) is 6.57. The van der Waals surface area contributed by atoms with Crippen LogP contribution in [0.25, 0.3) is 0 Å². The molecule has 2 saturated heterocycles. The van der Waals surface area contributed by atoms with Gasteiger partial charge in [0.2, 0.25) is 0 Å². The second-order valence-corrected chi connectivity index (χ2v) is 5.56. The van der Waals surface area contributed by atoms with Crippen LogP contribution in [0.3, 0.4) is 0 Å². The topological polar surface area (TPSA) is 63.1 Å². The second kappa shape index (κ2) is 4.35. The Bertz CT molecular complexity index is 443. The van der Waals surface area contributed by atoms with Gasteiger partial charge in [-0.25, -0.2) is 4.68 Å². The molecule has 2 unspecified atom stereocenters. The van der Waals surface area contributed by atoms with Gasteiger partial charge in [-0.2, -0.15) is 0 Å². The van der Waals surface area contributed by atoms with Crippen LogP contribution in [-0.4, -0.2) is 52.0 Å². The smallest absolute Gasteiger partial charge is 0.276 e. The summed E-state index contributed by atoms with van der Waals surface area (Å²) in [6.45, 7) is 7.86. The van der Waals surface area contributed by atoms with Gasteiger partial charge in [0.15, 0.2) is 5.69 Å². The summed E-state index contributed by atoms with van der Waals surface area (Å²) in [5, 5.41) is 11.2. The van der Waals surface area contributed by atoms with Crippen molar-refractivity contribution in [3.05, 3.63) is 11.9 Å². The van der Waals surface area contributed by atoms with E-state index < -0.39 is 0 Å². The molecule has 0 bridgehead atoms. The molecular weight excluding hydrogens is 230 g/mol. The van der Waals surface area contributed by atoms with Crippen LogP contribution < -0.4 is 5.32 Å². The zero-order valence-corrected chi connectivity index (χ0v) is 10.8. The van der Waals surface area contributed by atoms with Gasteiger partial charge >= 0.3 is 0 Å². The fourth-order valence-corrected chi connectivity index (χ4v) is 2.47. The zero-order valence-electron chi connectivity index (χ0n) is 10.8. The largest absolute Gasteiger partial charge is 0.337 e. The fraction of sp³-hybridized carbons (Fsp3) is 0.750. The molecule has 98 valence electrons. The molecule has 0 spiro atoms. The molecule has 0 saturated carbocycles. The predicted octanol–water partition coefficient (Wildman–Crippen LogP) is 0.150. The number of carbonyl (C=O) groups excluding carboxylic acids is 1. The van der Waals surface area contributed by atoms with Crippen molar-refractivity contribution in [2.24, 2.45) is 11.8 Å². The number of aromatic nitrogens is 3. The maximum absolute atomic E-state index is 12.3. The molecule has 2 fully saturated rings. The number of hydrogen-bond acceptors (Lipinski definition) is 4. The second-order valence-electron chi connectivity index (χ2n) is 5.56. The van der Waals surface area contributed by atoms with Crippen LogP contribution >= 0.6 is 0 Å². The van der Waals surface area contributed by atoms with Crippen molar-refractivity contribution in [2.45, 2.75) is 19.9 Å². The van der Waals surface area contributed by atoms with Crippen LogP contribution in [-0.2, 0) is 0 Å². The molecule has 2 atom stereocenters. The normalized spacial score (nSPS) is 28.4. The van der Waals surface area contributed by atoms with E-state index in [9.17, 15) is 4.79 Å². The van der Waals surface area contributed by atoms with Crippen LogP contribution in [0.2, 0.25) is 0 Å². The maximum Gasteiger partial charge on any atom is 0.276 e. The maximum atomic E-state index is 12.3. The Hall–Kier alpha value is -1.43. The van der Waals surface area contributed by atoms with Crippen LogP contribution in [0, 0.1) is 11.8 Å². The predicted molar refractivity (Wildman–Crippen MR) is 66.2 cm³/mol. The average molecular weight is 249 g/mol. The van der Waals surface area contributed by atoms with Crippen LogP contribution in [0.5, 0.6) is 0 Å². The van der Waals surface area contributed by atoms with Crippen LogP contribution in [0.4, 0.5) is 0 Å². The van der Waals surface area contributed by atoms with Gasteiger partial charge in [-0.3, -0.25) is 4.79 Å². The van der Waals surface area contributed by atoms with Gasteiger partial charge < -0.3 is 10.2 Å². The lowest BCUT2D eigenvalue weighted by Gasteiger charge is -2.26. The molecular formula is C12H19N5O. The minimum atomic E-state index is 0.0183. The first-order chi connectivity index (χ1) is 8.65. The molecule has 1 aromatic heterocycles. The van der Waals surface area contributed by atoms with E-state index >= 15 is 0 Å². The van der Waals surface area contributed by atoms with Crippen molar-refractivity contribution in [3.63, 3.8) is 0 Å². The standard InChI is InChI=1S/C12H19N5O/c1-8-5-16(6-9(8)2)12(18)11-7-17(15-14-11)10-3-13-4-10/h7-10,13H,3-6H2,1-2H3. The number of hydrogen-bond donors (Lipinski definition) is 1. The molecule has 0 aromatic carbocycles. The van der Waals surface area contributed by atoms with E-state index in [-0.39, 0.29) is 5.91 Å². The lowest BCUT2D eigenvalue weighted by Crippen LogP contribution is -2.43. The van der Waals surface area contributed by atoms with Crippen LogP contribution in [0.15, 0.2) is 6.20 Å². The number of nitrogens with zero attached hydrogens (tertiary/aromatic N) is 4. The lowest BCUT2D eigenvalue weighted by molar-refractivity contribution is 0.0779. The number of amides is 1. The van der Waals surface area contributed by atoms with E-state index in [1.807, 2.05) is 4.90 Å². The van der Waals surface area contributed by atoms with Gasteiger partial charge in [0.25, 0.3) is 5.91 Å². The van der Waals surface area contributed by atoms with Gasteiger partial charge in [0.1, 0.15) is 0 Å². The molecule has 3 rings (SSSR count). The third-order valence-electron chi connectivity index (χ3n) is 4.14. The Morgan fingerprint density at radius 3 is 2.56 bits per heavy atom. The summed E-state index contributed by atoms with van der Waals surface area (Å²) in [6.07, 6.45) is 1.78. The van der Waals surface area contributed by atoms with Crippen molar-refractivity contribution >= 4 is 5.91 Å². The molecule has 0 aliphatic carbocycles. The molecule has 2 aliphatic rings. The van der Waals surface area contributed by atoms with Crippen molar-refractivity contribution in [1.82, 2.24) is 25.2 Å². The first kappa shape index (κ1) is 11.6. The minimum absolute atomic E-state index is 0.0183. The number of rotatable bonds is 2. The Morgan fingerprint density at radius 1 is 1.33 bits per heavy atom. The highest BCUT2D eigenvalue weighted by Crippen LogP contribution is 2.23. The summed E-state index contributed by atoms with van der Waals surface area (Å²) in [6, 6.07) is 0.357. The summed E-state index contributed by atoms with van der Waals surface area (Å²) in [4.78, 5) is 14.2. The molecule has 6 heteroatoms. The molecule has 0 radical (unpaired) electrons. The van der Waals surface area contributed by atoms with Crippen molar-refractivity contribution in [2.75, 3.05) is 26.2 Å². The van der Waals surface area contributed by atoms with Crippen LogP contribution in [0.1, 0.15) is 30.4 Å². The summed E-state index contributed by atoms with van der Waals surface area (Å²) >= 11 is 0. The Kier molecular flexibility index (Phi) is 2.81. The molecule has 6 nitrogen and oxygen atoms in total. The first-order valence-corrected chi connectivity index (χ1v) is 6.57.